The molecule has 4 heteroatoms. The molecule has 14 heavy (non-hydrogen) atoms. The Bertz CT molecular complexity index is 140. The summed E-state index contributed by atoms with van der Waals surface area (Å²) in [7, 11) is 2.17. The zero-order valence-corrected chi connectivity index (χ0v) is 9.84. The van der Waals surface area contributed by atoms with Gasteiger partial charge in [-0.05, 0) is 19.9 Å². The molecule has 0 spiro atoms. The molecular formula is C10H21NO2S. The van der Waals surface area contributed by atoms with Crippen LogP contribution in [-0.2, 0) is 9.47 Å². The monoisotopic (exact) mass is 219 g/mol. The predicted molar refractivity (Wildman–Crippen MR) is 61.1 cm³/mol. The molecule has 1 heterocycles. The molecular weight excluding hydrogens is 198 g/mol. The zero-order chi connectivity index (χ0) is 10.2. The van der Waals surface area contributed by atoms with E-state index in [1.807, 2.05) is 0 Å². The van der Waals surface area contributed by atoms with E-state index in [9.17, 15) is 0 Å². The highest BCUT2D eigenvalue weighted by Gasteiger charge is 2.17. The third-order valence-electron chi connectivity index (χ3n) is 2.64. The Hall–Kier alpha value is 0.230. The van der Waals surface area contributed by atoms with Crippen LogP contribution >= 0.6 is 12.6 Å². The first-order valence-corrected chi connectivity index (χ1v) is 5.94. The maximum Gasteiger partial charge on any atom is 0.0593 e. The Morgan fingerprint density at radius 1 is 1.36 bits per heavy atom. The lowest BCUT2D eigenvalue weighted by molar-refractivity contribution is 0.0314. The smallest absolute Gasteiger partial charge is 0.0593 e. The van der Waals surface area contributed by atoms with Crippen LogP contribution in [0.25, 0.3) is 0 Å². The fraction of sp³-hybridized carbons (Fsp3) is 1.00. The molecule has 1 fully saturated rings. The topological polar surface area (TPSA) is 21.7 Å². The standard InChI is InChI=1S/C10H21NO2S/c1-11(4-7-13-8-9-14)10-2-5-12-6-3-10/h10,14H,2-9H2,1H3. The van der Waals surface area contributed by atoms with Crippen molar-refractivity contribution in [3.63, 3.8) is 0 Å². The Morgan fingerprint density at radius 3 is 2.71 bits per heavy atom. The number of ether oxygens (including phenoxy) is 2. The van der Waals surface area contributed by atoms with Crippen molar-refractivity contribution in [3.05, 3.63) is 0 Å². The highest BCUT2D eigenvalue weighted by Crippen LogP contribution is 2.11. The fourth-order valence-electron chi connectivity index (χ4n) is 1.68. The summed E-state index contributed by atoms with van der Waals surface area (Å²) in [6.07, 6.45) is 2.31. The Kier molecular flexibility index (Phi) is 6.60. The quantitative estimate of drug-likeness (QED) is 0.533. The average molecular weight is 219 g/mol. The third kappa shape index (κ3) is 4.64. The minimum absolute atomic E-state index is 0.684. The van der Waals surface area contributed by atoms with Crippen molar-refractivity contribution >= 4 is 12.6 Å². The minimum Gasteiger partial charge on any atom is -0.381 e. The number of likely N-dealkylation sites (N-methyl/N-ethyl adjacent to an activating group) is 1. The van der Waals surface area contributed by atoms with Gasteiger partial charge in [-0.1, -0.05) is 0 Å². The lowest BCUT2D eigenvalue weighted by Crippen LogP contribution is -2.38. The van der Waals surface area contributed by atoms with E-state index in [0.29, 0.717) is 6.04 Å². The van der Waals surface area contributed by atoms with Crippen LogP contribution in [0.2, 0.25) is 0 Å². The van der Waals surface area contributed by atoms with Crippen molar-refractivity contribution in [2.75, 3.05) is 45.8 Å². The maximum absolute atomic E-state index is 5.39. The molecule has 0 aromatic carbocycles. The molecule has 0 aliphatic carbocycles. The van der Waals surface area contributed by atoms with Gasteiger partial charge in [-0.15, -0.1) is 0 Å². The molecule has 1 rings (SSSR count). The molecule has 0 amide bonds. The van der Waals surface area contributed by atoms with Crippen LogP contribution in [0.3, 0.4) is 0 Å². The van der Waals surface area contributed by atoms with Crippen LogP contribution in [0.15, 0.2) is 0 Å². The van der Waals surface area contributed by atoms with E-state index in [1.165, 1.54) is 0 Å². The van der Waals surface area contributed by atoms with E-state index in [2.05, 4.69) is 24.6 Å². The van der Waals surface area contributed by atoms with Crippen LogP contribution in [0.1, 0.15) is 12.8 Å². The summed E-state index contributed by atoms with van der Waals surface area (Å²) in [6, 6.07) is 0.684. The number of rotatable bonds is 6. The molecule has 3 nitrogen and oxygen atoms in total. The van der Waals surface area contributed by atoms with Gasteiger partial charge in [0.2, 0.25) is 0 Å². The van der Waals surface area contributed by atoms with Gasteiger partial charge in [-0.3, -0.25) is 0 Å². The van der Waals surface area contributed by atoms with Crippen molar-refractivity contribution in [1.82, 2.24) is 4.90 Å². The molecule has 0 radical (unpaired) electrons. The first-order chi connectivity index (χ1) is 6.84. The first-order valence-electron chi connectivity index (χ1n) is 5.31. The van der Waals surface area contributed by atoms with E-state index in [-0.39, 0.29) is 0 Å². The van der Waals surface area contributed by atoms with E-state index in [1.54, 1.807) is 0 Å². The summed E-state index contributed by atoms with van der Waals surface area (Å²) in [5.41, 5.74) is 0. The number of hydrogen-bond donors (Lipinski definition) is 1. The van der Waals surface area contributed by atoms with Gasteiger partial charge in [-0.25, -0.2) is 0 Å². The molecule has 0 saturated carbocycles. The number of nitrogens with zero attached hydrogens (tertiary/aromatic N) is 1. The summed E-state index contributed by atoms with van der Waals surface area (Å²) in [6.45, 7) is 4.40. The molecule has 0 aromatic rings. The minimum atomic E-state index is 0.684. The Balaban J connectivity index is 2.04. The van der Waals surface area contributed by atoms with Gasteiger partial charge in [-0.2, -0.15) is 12.6 Å². The number of thiol groups is 1. The SMILES string of the molecule is CN(CCOCCS)C1CCOCC1. The molecule has 0 N–H and O–H groups in total. The van der Waals surface area contributed by atoms with E-state index in [0.717, 1.165) is 51.6 Å². The number of hydrogen-bond acceptors (Lipinski definition) is 4. The van der Waals surface area contributed by atoms with Crippen molar-refractivity contribution in [2.45, 2.75) is 18.9 Å². The molecule has 0 aromatic heterocycles. The summed E-state index contributed by atoms with van der Waals surface area (Å²) >= 11 is 4.09. The zero-order valence-electron chi connectivity index (χ0n) is 8.95. The van der Waals surface area contributed by atoms with E-state index < -0.39 is 0 Å². The highest BCUT2D eigenvalue weighted by atomic mass is 32.1. The Labute approximate surface area is 92.2 Å². The highest BCUT2D eigenvalue weighted by molar-refractivity contribution is 7.80. The predicted octanol–water partition coefficient (Wildman–Crippen LogP) is 1.04. The molecule has 0 atom stereocenters. The van der Waals surface area contributed by atoms with E-state index in [4.69, 9.17) is 9.47 Å². The van der Waals surface area contributed by atoms with Gasteiger partial charge in [0.15, 0.2) is 0 Å². The maximum atomic E-state index is 5.39. The van der Waals surface area contributed by atoms with Crippen LogP contribution in [0.4, 0.5) is 0 Å². The van der Waals surface area contributed by atoms with Gasteiger partial charge >= 0.3 is 0 Å². The van der Waals surface area contributed by atoms with Crippen LogP contribution in [-0.4, -0.2) is 56.7 Å². The second-order valence-corrected chi connectivity index (χ2v) is 4.11. The second-order valence-electron chi connectivity index (χ2n) is 3.66. The fourth-order valence-corrected chi connectivity index (χ4v) is 1.81. The summed E-state index contributed by atoms with van der Waals surface area (Å²) in [5.74, 6) is 0.807. The molecule has 84 valence electrons. The molecule has 1 aliphatic rings. The molecule has 1 aliphatic heterocycles. The summed E-state index contributed by atoms with van der Waals surface area (Å²) in [4.78, 5) is 2.38. The Morgan fingerprint density at radius 2 is 2.07 bits per heavy atom. The molecule has 0 unspecified atom stereocenters. The third-order valence-corrected chi connectivity index (χ3v) is 2.82. The lowest BCUT2D eigenvalue weighted by Gasteiger charge is -2.30. The van der Waals surface area contributed by atoms with Gasteiger partial charge in [0.05, 0.1) is 13.2 Å². The summed E-state index contributed by atoms with van der Waals surface area (Å²) < 4.78 is 10.7. The first kappa shape index (κ1) is 12.3. The van der Waals surface area contributed by atoms with Crippen LogP contribution in [0.5, 0.6) is 0 Å². The van der Waals surface area contributed by atoms with Crippen LogP contribution < -0.4 is 0 Å². The second kappa shape index (κ2) is 7.51. The summed E-state index contributed by atoms with van der Waals surface area (Å²) in [5, 5.41) is 0. The molecule has 1 saturated heterocycles. The normalized spacial score (nSPS) is 19.1. The largest absolute Gasteiger partial charge is 0.381 e. The van der Waals surface area contributed by atoms with Gasteiger partial charge in [0.1, 0.15) is 0 Å². The lowest BCUT2D eigenvalue weighted by atomic mass is 10.1. The van der Waals surface area contributed by atoms with Gasteiger partial charge < -0.3 is 14.4 Å². The van der Waals surface area contributed by atoms with Crippen molar-refractivity contribution < 1.29 is 9.47 Å². The average Bonchev–Trinajstić information content (AvgIpc) is 2.25. The van der Waals surface area contributed by atoms with Crippen molar-refractivity contribution in [2.24, 2.45) is 0 Å². The van der Waals surface area contributed by atoms with Gasteiger partial charge in [0, 0.05) is 31.6 Å². The van der Waals surface area contributed by atoms with Crippen LogP contribution in [0, 0.1) is 0 Å². The van der Waals surface area contributed by atoms with Gasteiger partial charge in [0.25, 0.3) is 0 Å². The van der Waals surface area contributed by atoms with Crippen molar-refractivity contribution in [1.29, 1.82) is 0 Å². The van der Waals surface area contributed by atoms with E-state index >= 15 is 0 Å². The van der Waals surface area contributed by atoms with Crippen molar-refractivity contribution in [3.8, 4) is 0 Å². The molecule has 0 bridgehead atoms.